The van der Waals surface area contributed by atoms with Crippen molar-refractivity contribution in [3.8, 4) is 11.6 Å². The van der Waals surface area contributed by atoms with Crippen molar-refractivity contribution in [2.75, 3.05) is 31.5 Å². The Morgan fingerprint density at radius 2 is 2.00 bits per heavy atom. The van der Waals surface area contributed by atoms with Crippen LogP contribution in [0.4, 0.5) is 10.5 Å². The maximum absolute atomic E-state index is 12.5. The number of nitrogens with zero attached hydrogens (tertiary/aromatic N) is 3. The van der Waals surface area contributed by atoms with E-state index in [1.165, 1.54) is 0 Å². The predicted molar refractivity (Wildman–Crippen MR) is 115 cm³/mol. The molecule has 1 aromatic heterocycles. The third-order valence-electron chi connectivity index (χ3n) is 5.09. The van der Waals surface area contributed by atoms with Gasteiger partial charge in [0, 0.05) is 29.7 Å². The highest BCUT2D eigenvalue weighted by Crippen LogP contribution is 2.24. The van der Waals surface area contributed by atoms with Crippen LogP contribution in [0.25, 0.3) is 0 Å². The summed E-state index contributed by atoms with van der Waals surface area (Å²) in [4.78, 5) is 21.2. The average molecular weight is 447 g/mol. The first-order valence-electron chi connectivity index (χ1n) is 9.78. The van der Waals surface area contributed by atoms with Gasteiger partial charge in [-0.2, -0.15) is 0 Å². The highest BCUT2D eigenvalue weighted by Gasteiger charge is 2.25. The van der Waals surface area contributed by atoms with Crippen molar-refractivity contribution in [3.05, 3.63) is 47.1 Å². The molecule has 0 saturated carbocycles. The smallest absolute Gasteiger partial charge is 0.321 e. The number of rotatable bonds is 6. The molecule has 28 heavy (non-hydrogen) atoms. The lowest BCUT2D eigenvalue weighted by atomic mass is 10.0. The number of halogens is 1. The van der Waals surface area contributed by atoms with Gasteiger partial charge in [0.2, 0.25) is 5.88 Å². The number of carbonyl (C=O) groups is 1. The Morgan fingerprint density at radius 1 is 1.25 bits per heavy atom. The van der Waals surface area contributed by atoms with Crippen LogP contribution in [0.1, 0.15) is 26.7 Å². The summed E-state index contributed by atoms with van der Waals surface area (Å²) >= 11 is 3.42. The van der Waals surface area contributed by atoms with Gasteiger partial charge in [0.15, 0.2) is 0 Å². The van der Waals surface area contributed by atoms with Crippen LogP contribution in [0.5, 0.6) is 11.6 Å². The number of hydrogen-bond acceptors (Lipinski definition) is 4. The van der Waals surface area contributed by atoms with Gasteiger partial charge in [-0.15, -0.1) is 0 Å². The number of carbonyl (C=O) groups excluding carboxylic acids is 1. The molecule has 0 atom stereocenters. The number of piperidine rings is 1. The lowest BCUT2D eigenvalue weighted by molar-refractivity contribution is 0.130. The number of amides is 2. The number of nitrogens with one attached hydrogen (secondary N) is 1. The number of ether oxygens (including phenoxy) is 1. The zero-order valence-electron chi connectivity index (χ0n) is 16.4. The van der Waals surface area contributed by atoms with E-state index < -0.39 is 0 Å². The van der Waals surface area contributed by atoms with Crippen LogP contribution in [0.2, 0.25) is 0 Å². The van der Waals surface area contributed by atoms with Gasteiger partial charge in [0.05, 0.1) is 11.9 Å². The van der Waals surface area contributed by atoms with E-state index in [0.29, 0.717) is 23.4 Å². The van der Waals surface area contributed by atoms with E-state index in [0.717, 1.165) is 43.5 Å². The monoisotopic (exact) mass is 446 g/mol. The van der Waals surface area contributed by atoms with Crippen LogP contribution in [-0.4, -0.2) is 53.0 Å². The fourth-order valence-corrected chi connectivity index (χ4v) is 3.92. The zero-order chi connectivity index (χ0) is 19.9. The molecular formula is C21H27BrN4O2. The minimum absolute atomic E-state index is 0.0690. The second-order valence-corrected chi connectivity index (χ2v) is 7.73. The number of likely N-dealkylation sites (tertiary alicyclic amines) is 1. The average Bonchev–Trinajstić information content (AvgIpc) is 2.71. The van der Waals surface area contributed by atoms with Gasteiger partial charge in [0.25, 0.3) is 0 Å². The normalized spacial score (nSPS) is 14.9. The number of hydrogen-bond donors (Lipinski definition) is 1. The highest BCUT2D eigenvalue weighted by molar-refractivity contribution is 9.10. The molecule has 0 aliphatic carbocycles. The number of aromatic nitrogens is 1. The van der Waals surface area contributed by atoms with E-state index in [9.17, 15) is 4.79 Å². The van der Waals surface area contributed by atoms with Crippen LogP contribution in [0.15, 0.2) is 47.1 Å². The van der Waals surface area contributed by atoms with E-state index in [-0.39, 0.29) is 6.03 Å². The number of benzene rings is 1. The van der Waals surface area contributed by atoms with Crippen LogP contribution in [0, 0.1) is 0 Å². The molecule has 2 heterocycles. The minimum Gasteiger partial charge on any atom is -0.439 e. The minimum atomic E-state index is -0.0690. The summed E-state index contributed by atoms with van der Waals surface area (Å²) in [6, 6.07) is 11.6. The van der Waals surface area contributed by atoms with Crippen LogP contribution in [-0.2, 0) is 0 Å². The lowest BCUT2D eigenvalue weighted by Crippen LogP contribution is -2.47. The van der Waals surface area contributed by atoms with Crippen molar-refractivity contribution >= 4 is 27.6 Å². The first-order chi connectivity index (χ1) is 13.6. The maximum atomic E-state index is 12.5. The third kappa shape index (κ3) is 5.45. The molecule has 1 aliphatic rings. The molecule has 0 unspecified atom stereocenters. The standard InChI is InChI=1S/C21H27BrN4O2/c1-3-25(4-2)18-10-12-26(13-11-18)21(27)24-17-8-9-20(23-15-17)28-19-7-5-6-16(22)14-19/h5-9,14-15,18H,3-4,10-13H2,1-2H3,(H,24,27). The van der Waals surface area contributed by atoms with E-state index >= 15 is 0 Å². The SMILES string of the molecule is CCN(CC)C1CCN(C(=O)Nc2ccc(Oc3cccc(Br)c3)nc2)CC1. The van der Waals surface area contributed by atoms with Gasteiger partial charge in [-0.1, -0.05) is 35.8 Å². The molecule has 0 bridgehead atoms. The number of urea groups is 1. The molecule has 1 N–H and O–H groups in total. The molecule has 3 rings (SSSR count). The van der Waals surface area contributed by atoms with Crippen molar-refractivity contribution in [1.29, 1.82) is 0 Å². The predicted octanol–water partition coefficient (Wildman–Crippen LogP) is 4.97. The molecule has 1 aliphatic heterocycles. The summed E-state index contributed by atoms with van der Waals surface area (Å²) in [6.07, 6.45) is 3.66. The van der Waals surface area contributed by atoms with Crippen molar-refractivity contribution in [2.24, 2.45) is 0 Å². The molecule has 150 valence electrons. The van der Waals surface area contributed by atoms with E-state index in [4.69, 9.17) is 4.74 Å². The Hall–Kier alpha value is -2.12. The molecule has 1 saturated heterocycles. The topological polar surface area (TPSA) is 57.7 Å². The van der Waals surface area contributed by atoms with Gasteiger partial charge in [-0.3, -0.25) is 0 Å². The Balaban J connectivity index is 1.51. The fraction of sp³-hybridized carbons (Fsp3) is 0.429. The molecule has 7 heteroatoms. The van der Waals surface area contributed by atoms with Crippen molar-refractivity contribution in [2.45, 2.75) is 32.7 Å². The van der Waals surface area contributed by atoms with E-state index in [2.05, 4.69) is 45.0 Å². The van der Waals surface area contributed by atoms with Crippen LogP contribution >= 0.6 is 15.9 Å². The summed E-state index contributed by atoms with van der Waals surface area (Å²) in [5.41, 5.74) is 0.664. The largest absolute Gasteiger partial charge is 0.439 e. The second kappa shape index (κ2) is 9.89. The molecule has 1 aromatic carbocycles. The van der Waals surface area contributed by atoms with Crippen molar-refractivity contribution in [3.63, 3.8) is 0 Å². The molecule has 6 nitrogen and oxygen atoms in total. The molecule has 1 fully saturated rings. The van der Waals surface area contributed by atoms with Crippen LogP contribution in [0.3, 0.4) is 0 Å². The molecule has 2 amide bonds. The molecule has 2 aromatic rings. The maximum Gasteiger partial charge on any atom is 0.321 e. The number of anilines is 1. The van der Waals surface area contributed by atoms with Gasteiger partial charge < -0.3 is 19.9 Å². The molecule has 0 spiro atoms. The number of pyridine rings is 1. The third-order valence-corrected chi connectivity index (χ3v) is 5.58. The Labute approximate surface area is 175 Å². The summed E-state index contributed by atoms with van der Waals surface area (Å²) < 4.78 is 6.67. The summed E-state index contributed by atoms with van der Waals surface area (Å²) in [5.74, 6) is 1.19. The Morgan fingerprint density at radius 3 is 2.61 bits per heavy atom. The zero-order valence-corrected chi connectivity index (χ0v) is 18.0. The second-order valence-electron chi connectivity index (χ2n) is 6.81. The molecule has 0 radical (unpaired) electrons. The van der Waals surface area contributed by atoms with Crippen LogP contribution < -0.4 is 10.1 Å². The van der Waals surface area contributed by atoms with Gasteiger partial charge in [0.1, 0.15) is 5.75 Å². The summed E-state index contributed by atoms with van der Waals surface area (Å²) in [5, 5.41) is 2.93. The fourth-order valence-electron chi connectivity index (χ4n) is 3.54. The lowest BCUT2D eigenvalue weighted by Gasteiger charge is -2.37. The summed E-state index contributed by atoms with van der Waals surface area (Å²) in [7, 11) is 0. The van der Waals surface area contributed by atoms with Crippen molar-refractivity contribution < 1.29 is 9.53 Å². The van der Waals surface area contributed by atoms with E-state index in [1.807, 2.05) is 29.2 Å². The quantitative estimate of drug-likeness (QED) is 0.679. The summed E-state index contributed by atoms with van der Waals surface area (Å²) in [6.45, 7) is 8.08. The first kappa shape index (κ1) is 20.6. The van der Waals surface area contributed by atoms with Crippen molar-refractivity contribution in [1.82, 2.24) is 14.8 Å². The Kier molecular flexibility index (Phi) is 7.28. The highest BCUT2D eigenvalue weighted by atomic mass is 79.9. The van der Waals surface area contributed by atoms with Gasteiger partial charge in [-0.05, 0) is 50.2 Å². The Bertz CT molecular complexity index is 772. The van der Waals surface area contributed by atoms with E-state index in [1.54, 1.807) is 18.3 Å². The first-order valence-corrected chi connectivity index (χ1v) is 10.6. The molecular weight excluding hydrogens is 420 g/mol. The van der Waals surface area contributed by atoms with Gasteiger partial charge >= 0.3 is 6.03 Å². The van der Waals surface area contributed by atoms with Gasteiger partial charge in [-0.25, -0.2) is 9.78 Å².